The van der Waals surface area contributed by atoms with Gasteiger partial charge in [-0.15, -0.1) is 0 Å². The van der Waals surface area contributed by atoms with Crippen LogP contribution >= 0.6 is 0 Å². The van der Waals surface area contributed by atoms with Crippen molar-refractivity contribution >= 4 is 170 Å². The van der Waals surface area contributed by atoms with E-state index in [1.807, 2.05) is 24.3 Å². The van der Waals surface area contributed by atoms with Crippen molar-refractivity contribution in [3.63, 3.8) is 0 Å². The lowest BCUT2D eigenvalue weighted by molar-refractivity contribution is 1.31. The number of nitrogens with zero attached hydrogens (tertiary/aromatic N) is 9. The van der Waals surface area contributed by atoms with Gasteiger partial charge in [0, 0.05) is 48.5 Å². The maximum absolute atomic E-state index is 5.15. The van der Waals surface area contributed by atoms with Gasteiger partial charge in [-0.2, -0.15) is 0 Å². The second-order valence-corrected chi connectivity index (χ2v) is 30.9. The highest BCUT2D eigenvalue weighted by atomic mass is 15.0. The molecule has 0 unspecified atom stereocenters. The lowest BCUT2D eigenvalue weighted by atomic mass is 9.96. The number of para-hydroxylation sites is 9. The van der Waals surface area contributed by atoms with Crippen LogP contribution in [0.1, 0.15) is 0 Å². The zero-order chi connectivity index (χ0) is 78.2. The van der Waals surface area contributed by atoms with Crippen molar-refractivity contribution in [3.05, 3.63) is 406 Å². The third-order valence-corrected chi connectivity index (χ3v) is 24.0. The summed E-state index contributed by atoms with van der Waals surface area (Å²) in [5.41, 5.74) is 32.8. The number of hydrogen-bond acceptors (Lipinski definition) is 6. The fraction of sp³-hybridized carbons (Fsp3) is 0. The molecule has 0 saturated heterocycles. The van der Waals surface area contributed by atoms with E-state index in [0.717, 1.165) is 148 Å². The summed E-state index contributed by atoms with van der Waals surface area (Å²) >= 11 is 0. The largest absolute Gasteiger partial charge is 0.292 e. The molecule has 0 aliphatic carbocycles. The zero-order valence-electron chi connectivity index (χ0n) is 64.2. The molecule has 0 amide bonds. The third kappa shape index (κ3) is 11.3. The molecule has 26 rings (SSSR count). The van der Waals surface area contributed by atoms with E-state index in [0.29, 0.717) is 0 Å². The van der Waals surface area contributed by atoms with Gasteiger partial charge >= 0.3 is 0 Å². The number of benzene rings is 17. The van der Waals surface area contributed by atoms with Crippen molar-refractivity contribution in [1.29, 1.82) is 0 Å². The predicted molar refractivity (Wildman–Crippen MR) is 497 cm³/mol. The van der Waals surface area contributed by atoms with Crippen molar-refractivity contribution in [2.24, 2.45) is 0 Å². The molecule has 9 heteroatoms. The highest BCUT2D eigenvalue weighted by Gasteiger charge is 2.22. The first-order chi connectivity index (χ1) is 58.9. The van der Waals surface area contributed by atoms with Crippen LogP contribution in [-0.4, -0.2) is 43.1 Å². The monoisotopic (exact) mass is 1510 g/mol. The van der Waals surface area contributed by atoms with Crippen LogP contribution in [0.15, 0.2) is 406 Å². The first-order valence-corrected chi connectivity index (χ1v) is 40.4. The normalized spacial score (nSPS) is 11.9. The Labute approximate surface area is 681 Å². The molecule has 552 valence electrons. The number of pyridine rings is 6. The first kappa shape index (κ1) is 67.4. The topological polar surface area (TPSA) is 90.6 Å². The molecule has 0 bridgehead atoms. The number of hydrogen-bond donors (Lipinski definition) is 0. The molecule has 0 atom stereocenters. The van der Waals surface area contributed by atoms with E-state index in [2.05, 4.69) is 395 Å². The Bertz CT molecular complexity index is 8650. The van der Waals surface area contributed by atoms with Crippen LogP contribution in [-0.2, 0) is 0 Å². The minimum absolute atomic E-state index is 0.940. The minimum Gasteiger partial charge on any atom is -0.292 e. The molecule has 0 fully saturated rings. The summed E-state index contributed by atoms with van der Waals surface area (Å²) < 4.78 is 6.90. The Balaban J connectivity index is 0.000000102. The van der Waals surface area contributed by atoms with Gasteiger partial charge in [-0.25, -0.2) is 29.9 Å². The van der Waals surface area contributed by atoms with E-state index >= 15 is 0 Å². The summed E-state index contributed by atoms with van der Waals surface area (Å²) in [5.74, 6) is 0. The highest BCUT2D eigenvalue weighted by molar-refractivity contribution is 6.19. The molecule has 9 heterocycles. The summed E-state index contributed by atoms with van der Waals surface area (Å²) in [4.78, 5) is 30.7. The van der Waals surface area contributed by atoms with Gasteiger partial charge in [0.15, 0.2) is 0 Å². The molecule has 0 radical (unpaired) electrons. The second kappa shape index (κ2) is 27.3. The Hall–Kier alpha value is -16.1. The summed E-state index contributed by atoms with van der Waals surface area (Å²) in [7, 11) is 0. The van der Waals surface area contributed by atoms with Crippen LogP contribution in [0.25, 0.3) is 236 Å². The van der Waals surface area contributed by atoms with Crippen LogP contribution in [0.3, 0.4) is 0 Å². The van der Waals surface area contributed by atoms with Gasteiger partial charge in [-0.1, -0.05) is 309 Å². The maximum Gasteiger partial charge on any atom is 0.147 e. The lowest BCUT2D eigenvalue weighted by Gasteiger charge is -2.12. The summed E-state index contributed by atoms with van der Waals surface area (Å²) in [6, 6.07) is 144. The van der Waals surface area contributed by atoms with Gasteiger partial charge in [0.2, 0.25) is 0 Å². The van der Waals surface area contributed by atoms with Gasteiger partial charge in [-0.3, -0.25) is 13.2 Å². The molecule has 17 aromatic carbocycles. The zero-order valence-corrected chi connectivity index (χ0v) is 64.2. The lowest BCUT2D eigenvalue weighted by Crippen LogP contribution is -1.94. The fourth-order valence-corrected chi connectivity index (χ4v) is 18.1. The van der Waals surface area contributed by atoms with E-state index in [4.69, 9.17) is 29.9 Å². The predicted octanol–water partition coefficient (Wildman–Crippen LogP) is 28.3. The van der Waals surface area contributed by atoms with E-state index in [1.165, 1.54) is 88.3 Å². The number of rotatable bonds is 6. The molecule has 0 N–H and O–H groups in total. The Morgan fingerprint density at radius 2 is 0.437 bits per heavy atom. The Morgan fingerprint density at radius 3 is 0.857 bits per heavy atom. The van der Waals surface area contributed by atoms with Crippen LogP contribution < -0.4 is 0 Å². The fourth-order valence-electron chi connectivity index (χ4n) is 18.1. The number of fused-ring (bicyclic) bond motifs is 29. The minimum atomic E-state index is 0.940. The first-order valence-electron chi connectivity index (χ1n) is 40.4. The van der Waals surface area contributed by atoms with Crippen molar-refractivity contribution < 1.29 is 0 Å². The molecular weight excluding hydrogens is 1450 g/mol. The van der Waals surface area contributed by atoms with Crippen molar-refractivity contribution in [2.75, 3.05) is 0 Å². The van der Waals surface area contributed by atoms with Gasteiger partial charge in [0.1, 0.15) is 16.9 Å². The highest BCUT2D eigenvalue weighted by Crippen LogP contribution is 2.42. The third-order valence-electron chi connectivity index (χ3n) is 24.0. The summed E-state index contributed by atoms with van der Waals surface area (Å²) in [5, 5.41) is 15.0. The molecule has 0 aliphatic rings. The molecule has 9 nitrogen and oxygen atoms in total. The van der Waals surface area contributed by atoms with E-state index in [9.17, 15) is 0 Å². The standard InChI is InChI=1S/2C38H23N3.C34H21N3/c1-3-11-29-25(8-1)10-7-12-30(29)26-18-16-24(17-19-26)27-20-21-31-36(23-27)41-35-15-6-5-14-34(35)40-38(41)32-22-28-9-2-4-13-33(28)39-37(31)32;1-2-8-27-21-28(18-17-24(27)7-1)25-13-15-26(16-14-25)29-19-20-31-36(23-29)41-35-12-6-5-11-34(35)40-38(41)32-22-30-9-3-4-10-33(30)39-37(31)32;1-2-8-22(9-3-1)23-14-16-24(17-15-23)25-18-19-27-32(21-25)37-31-13-7-6-12-30(31)36-34(37)28-20-26-10-4-5-11-29(26)35-33(27)28/h2*1-23H;1-21H. The molecule has 9 aromatic heterocycles. The van der Waals surface area contributed by atoms with E-state index < -0.39 is 0 Å². The quantitative estimate of drug-likeness (QED) is 0.122. The number of aromatic nitrogens is 9. The summed E-state index contributed by atoms with van der Waals surface area (Å²) in [6.45, 7) is 0. The average molecular weight is 1510 g/mol. The molecule has 119 heavy (non-hydrogen) atoms. The van der Waals surface area contributed by atoms with Crippen LogP contribution in [0.4, 0.5) is 0 Å². The van der Waals surface area contributed by atoms with Crippen LogP contribution in [0.2, 0.25) is 0 Å². The van der Waals surface area contributed by atoms with Gasteiger partial charge in [0.25, 0.3) is 0 Å². The smallest absolute Gasteiger partial charge is 0.147 e. The van der Waals surface area contributed by atoms with E-state index in [-0.39, 0.29) is 0 Å². The van der Waals surface area contributed by atoms with Gasteiger partial charge in [0.05, 0.1) is 82.8 Å². The van der Waals surface area contributed by atoms with Crippen LogP contribution in [0, 0.1) is 0 Å². The Morgan fingerprint density at radius 1 is 0.143 bits per heavy atom. The Kier molecular flexibility index (Phi) is 15.5. The molecule has 0 spiro atoms. The summed E-state index contributed by atoms with van der Waals surface area (Å²) in [6.07, 6.45) is 0. The van der Waals surface area contributed by atoms with Crippen LogP contribution in [0.5, 0.6) is 0 Å². The van der Waals surface area contributed by atoms with Crippen molar-refractivity contribution in [2.45, 2.75) is 0 Å². The molecule has 0 saturated carbocycles. The molecular formula is C110H67N9. The molecule has 0 aliphatic heterocycles. The van der Waals surface area contributed by atoms with E-state index in [1.54, 1.807) is 0 Å². The van der Waals surface area contributed by atoms with Crippen molar-refractivity contribution in [1.82, 2.24) is 43.1 Å². The van der Waals surface area contributed by atoms with Gasteiger partial charge in [-0.05, 0) is 185 Å². The average Bonchev–Trinajstić information content (AvgIpc) is 1.65. The van der Waals surface area contributed by atoms with Gasteiger partial charge < -0.3 is 0 Å². The SMILES string of the molecule is c1ccc(-c2ccc(-c3ccc4c5nc6ccccc6cc5c5nc6ccccc6n5c4c3)cc2)cc1.c1ccc2cc(-c3ccc(-c4ccc5c6nc7ccccc7cc6c6nc7ccccc7n6c5c4)cc3)ccc2c1.c1ccc2nc3c4ccc(-c5ccc(-c6cccc7ccccc67)cc5)cc4n4c5ccccc5nc4c3cc2c1. The second-order valence-electron chi connectivity index (χ2n) is 30.9. The maximum atomic E-state index is 5.15. The molecule has 26 aromatic rings. The van der Waals surface area contributed by atoms with Crippen molar-refractivity contribution in [3.8, 4) is 66.8 Å². The number of imidazole rings is 3.